The van der Waals surface area contributed by atoms with E-state index in [9.17, 15) is 15.2 Å². The van der Waals surface area contributed by atoms with Crippen molar-refractivity contribution in [3.05, 3.63) is 39.4 Å². The van der Waals surface area contributed by atoms with E-state index in [4.69, 9.17) is 4.74 Å². The number of methoxy groups -OCH3 is 1. The topological polar surface area (TPSA) is 72.6 Å². The summed E-state index contributed by atoms with van der Waals surface area (Å²) in [6.07, 6.45) is -0.490. The third kappa shape index (κ3) is 3.29. The highest BCUT2D eigenvalue weighted by atomic mass is 16.6. The van der Waals surface area contributed by atoms with E-state index in [2.05, 4.69) is 0 Å². The molecule has 1 rings (SSSR count). The number of hydrogen-bond donors (Lipinski definition) is 1. The first-order chi connectivity index (χ1) is 7.54. The van der Waals surface area contributed by atoms with Crippen molar-refractivity contribution < 1.29 is 14.8 Å². The van der Waals surface area contributed by atoms with E-state index in [1.165, 1.54) is 13.2 Å². The van der Waals surface area contributed by atoms with Gasteiger partial charge in [-0.2, -0.15) is 0 Å². The van der Waals surface area contributed by atoms with Gasteiger partial charge in [0, 0.05) is 25.2 Å². The molecule has 1 unspecified atom stereocenters. The maximum absolute atomic E-state index is 10.8. The molecule has 0 heterocycles. The minimum Gasteiger partial charge on any atom is -0.390 e. The summed E-state index contributed by atoms with van der Waals surface area (Å²) in [6.45, 7) is 1.97. The maximum atomic E-state index is 10.8. The monoisotopic (exact) mass is 225 g/mol. The van der Waals surface area contributed by atoms with Gasteiger partial charge in [0.2, 0.25) is 0 Å². The van der Waals surface area contributed by atoms with Crippen molar-refractivity contribution in [2.45, 2.75) is 19.4 Å². The van der Waals surface area contributed by atoms with Crippen molar-refractivity contribution in [2.24, 2.45) is 0 Å². The number of hydrogen-bond acceptors (Lipinski definition) is 4. The van der Waals surface area contributed by atoms with Crippen molar-refractivity contribution in [1.29, 1.82) is 0 Å². The molecule has 0 fully saturated rings. The summed E-state index contributed by atoms with van der Waals surface area (Å²) < 4.78 is 4.78. The number of rotatable bonds is 5. The Labute approximate surface area is 93.8 Å². The van der Waals surface area contributed by atoms with Gasteiger partial charge in [-0.05, 0) is 12.5 Å². The number of nitro benzene ring substituents is 1. The molecule has 0 aromatic heterocycles. The highest BCUT2D eigenvalue weighted by Crippen LogP contribution is 2.21. The van der Waals surface area contributed by atoms with Gasteiger partial charge >= 0.3 is 0 Å². The van der Waals surface area contributed by atoms with Gasteiger partial charge in [0.25, 0.3) is 5.69 Å². The van der Waals surface area contributed by atoms with Crippen LogP contribution in [0.4, 0.5) is 5.69 Å². The summed E-state index contributed by atoms with van der Waals surface area (Å²) in [5.41, 5.74) is 1.41. The highest BCUT2D eigenvalue weighted by molar-refractivity contribution is 5.43. The largest absolute Gasteiger partial charge is 0.390 e. The molecule has 0 aliphatic carbocycles. The summed E-state index contributed by atoms with van der Waals surface area (Å²) in [6, 6.07) is 4.98. The van der Waals surface area contributed by atoms with Crippen LogP contribution >= 0.6 is 0 Å². The Morgan fingerprint density at radius 1 is 1.56 bits per heavy atom. The lowest BCUT2D eigenvalue weighted by Gasteiger charge is -2.09. The van der Waals surface area contributed by atoms with E-state index in [-0.39, 0.29) is 18.7 Å². The number of ether oxygens (including phenoxy) is 1. The number of aliphatic hydroxyl groups excluding tert-OH is 1. The lowest BCUT2D eigenvalue weighted by Crippen LogP contribution is -2.17. The fourth-order valence-electron chi connectivity index (χ4n) is 1.52. The lowest BCUT2D eigenvalue weighted by atomic mass is 10.0. The molecule has 0 bridgehead atoms. The molecule has 0 aliphatic rings. The van der Waals surface area contributed by atoms with Crippen LogP contribution in [-0.4, -0.2) is 29.9 Å². The molecule has 1 aromatic carbocycles. The average molecular weight is 225 g/mol. The lowest BCUT2D eigenvalue weighted by molar-refractivity contribution is -0.385. The summed E-state index contributed by atoms with van der Waals surface area (Å²) in [5.74, 6) is 0. The first-order valence-electron chi connectivity index (χ1n) is 4.95. The molecular formula is C11H15NO4. The molecule has 5 nitrogen and oxygen atoms in total. The van der Waals surface area contributed by atoms with Crippen LogP contribution < -0.4 is 0 Å². The molecule has 0 amide bonds. The van der Waals surface area contributed by atoms with Gasteiger partial charge in [-0.1, -0.05) is 12.1 Å². The molecule has 0 aliphatic heterocycles. The van der Waals surface area contributed by atoms with Gasteiger partial charge in [0.1, 0.15) is 0 Å². The molecule has 0 radical (unpaired) electrons. The molecule has 1 atom stereocenters. The summed E-state index contributed by atoms with van der Waals surface area (Å²) in [7, 11) is 1.48. The van der Waals surface area contributed by atoms with Gasteiger partial charge in [0.15, 0.2) is 0 Å². The number of aliphatic hydroxyl groups is 1. The van der Waals surface area contributed by atoms with Crippen LogP contribution in [0.25, 0.3) is 0 Å². The first kappa shape index (κ1) is 12.6. The van der Waals surface area contributed by atoms with Crippen LogP contribution in [-0.2, 0) is 11.2 Å². The molecule has 0 saturated carbocycles. The molecule has 0 saturated heterocycles. The van der Waals surface area contributed by atoms with Crippen molar-refractivity contribution in [1.82, 2.24) is 0 Å². The average Bonchev–Trinajstić information content (AvgIpc) is 2.20. The quantitative estimate of drug-likeness (QED) is 0.608. The van der Waals surface area contributed by atoms with E-state index in [1.807, 2.05) is 0 Å². The highest BCUT2D eigenvalue weighted by Gasteiger charge is 2.16. The summed E-state index contributed by atoms with van der Waals surface area (Å²) in [4.78, 5) is 10.4. The number of benzene rings is 1. The maximum Gasteiger partial charge on any atom is 0.272 e. The van der Waals surface area contributed by atoms with E-state index >= 15 is 0 Å². The van der Waals surface area contributed by atoms with E-state index in [0.717, 1.165) is 5.56 Å². The Morgan fingerprint density at radius 2 is 2.25 bits per heavy atom. The molecule has 1 N–H and O–H groups in total. The summed E-state index contributed by atoms with van der Waals surface area (Å²) in [5, 5.41) is 20.3. The third-order valence-electron chi connectivity index (χ3n) is 2.25. The van der Waals surface area contributed by atoms with Gasteiger partial charge in [-0.15, -0.1) is 0 Å². The SMILES string of the molecule is COCC(O)Cc1ccc(C)cc1[N+](=O)[O-]. The second kappa shape index (κ2) is 5.58. The van der Waals surface area contributed by atoms with Crippen molar-refractivity contribution >= 4 is 5.69 Å². The van der Waals surface area contributed by atoms with Gasteiger partial charge in [0.05, 0.1) is 17.6 Å². The van der Waals surface area contributed by atoms with Crippen LogP contribution in [0.3, 0.4) is 0 Å². The zero-order chi connectivity index (χ0) is 12.1. The van der Waals surface area contributed by atoms with Crippen molar-refractivity contribution in [2.75, 3.05) is 13.7 Å². The van der Waals surface area contributed by atoms with Crippen LogP contribution in [0.5, 0.6) is 0 Å². The zero-order valence-electron chi connectivity index (χ0n) is 9.34. The van der Waals surface area contributed by atoms with Gasteiger partial charge < -0.3 is 9.84 Å². The minimum absolute atomic E-state index is 0.0511. The molecule has 16 heavy (non-hydrogen) atoms. The number of aryl methyl sites for hydroxylation is 1. The second-order valence-corrected chi connectivity index (χ2v) is 3.70. The van der Waals surface area contributed by atoms with Crippen LogP contribution in [0, 0.1) is 17.0 Å². The Hall–Kier alpha value is -1.46. The predicted molar refractivity (Wildman–Crippen MR) is 59.4 cm³/mol. The molecule has 5 heteroatoms. The van der Waals surface area contributed by atoms with E-state index in [0.29, 0.717) is 5.56 Å². The molecular weight excluding hydrogens is 210 g/mol. The van der Waals surface area contributed by atoms with Crippen LogP contribution in [0.15, 0.2) is 18.2 Å². The van der Waals surface area contributed by atoms with Gasteiger partial charge in [-0.3, -0.25) is 10.1 Å². The summed E-state index contributed by atoms with van der Waals surface area (Å²) >= 11 is 0. The smallest absolute Gasteiger partial charge is 0.272 e. The van der Waals surface area contributed by atoms with E-state index < -0.39 is 11.0 Å². The number of nitro groups is 1. The normalized spacial score (nSPS) is 12.4. The van der Waals surface area contributed by atoms with Crippen molar-refractivity contribution in [3.8, 4) is 0 Å². The Balaban J connectivity index is 2.90. The standard InChI is InChI=1S/C11H15NO4/c1-8-3-4-9(6-10(13)7-16-2)11(5-8)12(14)15/h3-5,10,13H,6-7H2,1-2H3. The van der Waals surface area contributed by atoms with E-state index in [1.54, 1.807) is 19.1 Å². The molecule has 1 aromatic rings. The number of nitrogens with zero attached hydrogens (tertiary/aromatic N) is 1. The molecule has 88 valence electrons. The minimum atomic E-state index is -0.716. The van der Waals surface area contributed by atoms with Crippen LogP contribution in [0.1, 0.15) is 11.1 Å². The second-order valence-electron chi connectivity index (χ2n) is 3.70. The fraction of sp³-hybridized carbons (Fsp3) is 0.455. The molecule has 0 spiro atoms. The Bertz CT molecular complexity index is 378. The van der Waals surface area contributed by atoms with Crippen LogP contribution in [0.2, 0.25) is 0 Å². The zero-order valence-corrected chi connectivity index (χ0v) is 9.34. The van der Waals surface area contributed by atoms with Gasteiger partial charge in [-0.25, -0.2) is 0 Å². The predicted octanol–water partition coefficient (Wildman–Crippen LogP) is 1.45. The van der Waals surface area contributed by atoms with Crippen molar-refractivity contribution in [3.63, 3.8) is 0 Å². The Kier molecular flexibility index (Phi) is 4.39. The fourth-order valence-corrected chi connectivity index (χ4v) is 1.52. The Morgan fingerprint density at radius 3 is 2.81 bits per heavy atom. The third-order valence-corrected chi connectivity index (χ3v) is 2.25. The first-order valence-corrected chi connectivity index (χ1v) is 4.95.